The molecule has 1 aliphatic rings. The highest BCUT2D eigenvalue weighted by Gasteiger charge is 2.33. The lowest BCUT2D eigenvalue weighted by atomic mass is 9.85. The Hall–Kier alpha value is -2.93. The summed E-state index contributed by atoms with van der Waals surface area (Å²) >= 11 is 0. The molecule has 30 heavy (non-hydrogen) atoms. The number of furan rings is 1. The number of halogens is 1. The molecular formula is C23H26FN3O3. The molecule has 0 bridgehead atoms. The highest BCUT2D eigenvalue weighted by atomic mass is 19.1. The van der Waals surface area contributed by atoms with E-state index in [1.807, 2.05) is 46.8 Å². The van der Waals surface area contributed by atoms with Gasteiger partial charge in [0.2, 0.25) is 0 Å². The molecule has 0 saturated carbocycles. The minimum Gasteiger partial charge on any atom is -0.464 e. The molecule has 2 atom stereocenters. The smallest absolute Gasteiger partial charge is 0.253 e. The maximum Gasteiger partial charge on any atom is 0.253 e. The number of hydrogen-bond donors (Lipinski definition) is 3. The van der Waals surface area contributed by atoms with E-state index >= 15 is 0 Å². The Balaban J connectivity index is 1.70. The average molecular weight is 411 g/mol. The molecule has 7 heteroatoms. The highest BCUT2D eigenvalue weighted by Crippen LogP contribution is 2.39. The Morgan fingerprint density at radius 3 is 2.43 bits per heavy atom. The number of aryl methyl sites for hydroxylation is 1. The number of nitrogens with one attached hydrogen (secondary N) is 3. The number of hydrogen-bond acceptors (Lipinski definition) is 6. The van der Waals surface area contributed by atoms with Crippen molar-refractivity contribution in [1.82, 2.24) is 5.32 Å². The first-order chi connectivity index (χ1) is 14.1. The van der Waals surface area contributed by atoms with E-state index < -0.39 is 16.7 Å². The van der Waals surface area contributed by atoms with Gasteiger partial charge in [-0.1, -0.05) is 26.8 Å². The van der Waals surface area contributed by atoms with Crippen LogP contribution in [0.5, 0.6) is 0 Å². The third-order valence-electron chi connectivity index (χ3n) is 5.71. The van der Waals surface area contributed by atoms with Crippen molar-refractivity contribution in [1.29, 1.82) is 0 Å². The van der Waals surface area contributed by atoms with Gasteiger partial charge in [-0.3, -0.25) is 9.59 Å². The van der Waals surface area contributed by atoms with Crippen LogP contribution in [-0.2, 0) is 6.54 Å². The molecule has 0 radical (unpaired) electrons. The van der Waals surface area contributed by atoms with E-state index in [0.717, 1.165) is 16.9 Å². The summed E-state index contributed by atoms with van der Waals surface area (Å²) in [5.74, 6) is 0.967. The van der Waals surface area contributed by atoms with Crippen LogP contribution in [0.1, 0.15) is 62.4 Å². The van der Waals surface area contributed by atoms with Gasteiger partial charge >= 0.3 is 0 Å². The Bertz CT molecular complexity index is 1180. The molecule has 6 nitrogen and oxygen atoms in total. The minimum absolute atomic E-state index is 0.0874. The van der Waals surface area contributed by atoms with Crippen LogP contribution >= 0.6 is 0 Å². The monoisotopic (exact) mass is 411 g/mol. The molecule has 0 amide bonds. The van der Waals surface area contributed by atoms with Gasteiger partial charge in [-0.25, -0.2) is 4.39 Å². The lowest BCUT2D eigenvalue weighted by Gasteiger charge is -2.31. The van der Waals surface area contributed by atoms with Crippen molar-refractivity contribution in [3.8, 4) is 0 Å². The first-order valence-electron chi connectivity index (χ1n) is 10.1. The summed E-state index contributed by atoms with van der Waals surface area (Å²) in [5.41, 5.74) is 0.655. The summed E-state index contributed by atoms with van der Waals surface area (Å²) in [7, 11) is 0. The standard InChI is InChI=1S/C23H26FN3O3/c1-11-6-9-16(30-11)22(23(3,4)5)27-19-18(20(28)21(19)29)26-17-14-10-25-12(2)13(14)7-8-15(17)24/h6-9,12,22,25-27H,10H2,1-5H3/t12-,22+/m1/s1. The van der Waals surface area contributed by atoms with Gasteiger partial charge in [-0.2, -0.15) is 0 Å². The number of anilines is 3. The molecule has 0 aliphatic carbocycles. The molecule has 0 saturated heterocycles. The normalized spacial score (nSPS) is 17.2. The Labute approximate surface area is 174 Å². The molecule has 1 aliphatic heterocycles. The molecule has 158 valence electrons. The second kappa shape index (κ2) is 7.09. The van der Waals surface area contributed by atoms with Crippen molar-refractivity contribution in [2.24, 2.45) is 5.41 Å². The Morgan fingerprint density at radius 2 is 1.80 bits per heavy atom. The fourth-order valence-corrected chi connectivity index (χ4v) is 3.97. The third kappa shape index (κ3) is 3.33. The summed E-state index contributed by atoms with van der Waals surface area (Å²) in [5, 5.41) is 9.36. The van der Waals surface area contributed by atoms with Crippen LogP contribution < -0.4 is 26.8 Å². The quantitative estimate of drug-likeness (QED) is 0.539. The Kier molecular flexibility index (Phi) is 4.81. The van der Waals surface area contributed by atoms with Crippen LogP contribution in [0.15, 0.2) is 38.3 Å². The molecule has 2 heterocycles. The lowest BCUT2D eigenvalue weighted by Crippen LogP contribution is -2.39. The fourth-order valence-electron chi connectivity index (χ4n) is 3.97. The molecule has 1 aromatic heterocycles. The predicted octanol–water partition coefficient (Wildman–Crippen LogP) is 4.43. The van der Waals surface area contributed by atoms with Crippen molar-refractivity contribution in [3.63, 3.8) is 0 Å². The third-order valence-corrected chi connectivity index (χ3v) is 5.71. The van der Waals surface area contributed by atoms with Gasteiger partial charge < -0.3 is 20.4 Å². The predicted molar refractivity (Wildman–Crippen MR) is 116 cm³/mol. The SMILES string of the molecule is Cc1ccc([C@H](Nc2c(Nc3c(F)ccc4c3CN[C@@H]4C)c(=O)c2=O)C(C)(C)C)o1. The van der Waals surface area contributed by atoms with E-state index in [1.54, 1.807) is 6.07 Å². The van der Waals surface area contributed by atoms with Gasteiger partial charge in [0.1, 0.15) is 28.7 Å². The van der Waals surface area contributed by atoms with E-state index in [9.17, 15) is 14.0 Å². The van der Waals surface area contributed by atoms with E-state index in [2.05, 4.69) is 16.0 Å². The fraction of sp³-hybridized carbons (Fsp3) is 0.391. The first kappa shape index (κ1) is 20.3. The van der Waals surface area contributed by atoms with Gasteiger partial charge in [0, 0.05) is 12.6 Å². The summed E-state index contributed by atoms with van der Waals surface area (Å²) in [6.07, 6.45) is 0. The number of fused-ring (bicyclic) bond motifs is 1. The molecule has 3 aromatic rings. The van der Waals surface area contributed by atoms with Crippen LogP contribution in [0.3, 0.4) is 0 Å². The van der Waals surface area contributed by atoms with Crippen molar-refractivity contribution in [3.05, 3.63) is 73.2 Å². The van der Waals surface area contributed by atoms with Crippen molar-refractivity contribution >= 4 is 17.1 Å². The molecule has 4 rings (SSSR count). The molecule has 3 N–H and O–H groups in total. The molecule has 0 spiro atoms. The van der Waals surface area contributed by atoms with Crippen LogP contribution in [0.4, 0.5) is 21.5 Å². The maximum atomic E-state index is 14.6. The van der Waals surface area contributed by atoms with Crippen LogP contribution in [0, 0.1) is 18.2 Å². The van der Waals surface area contributed by atoms with Crippen LogP contribution in [-0.4, -0.2) is 0 Å². The van der Waals surface area contributed by atoms with E-state index in [0.29, 0.717) is 12.3 Å². The molecule has 2 aromatic carbocycles. The molecular weight excluding hydrogens is 385 g/mol. The number of rotatable bonds is 5. The van der Waals surface area contributed by atoms with Crippen molar-refractivity contribution in [2.45, 2.75) is 53.2 Å². The van der Waals surface area contributed by atoms with Gasteiger partial charge in [0.05, 0.1) is 11.7 Å². The summed E-state index contributed by atoms with van der Waals surface area (Å²) in [6, 6.07) is 6.59. The van der Waals surface area contributed by atoms with Gasteiger partial charge in [-0.05, 0) is 48.6 Å². The maximum absolute atomic E-state index is 14.6. The van der Waals surface area contributed by atoms with Gasteiger partial charge in [-0.15, -0.1) is 0 Å². The van der Waals surface area contributed by atoms with E-state index in [4.69, 9.17) is 4.42 Å². The molecule has 0 unspecified atom stereocenters. The Morgan fingerprint density at radius 1 is 1.10 bits per heavy atom. The van der Waals surface area contributed by atoms with E-state index in [1.165, 1.54) is 6.07 Å². The molecule has 0 fully saturated rings. The summed E-state index contributed by atoms with van der Waals surface area (Å²) in [6.45, 7) is 10.4. The summed E-state index contributed by atoms with van der Waals surface area (Å²) in [4.78, 5) is 24.7. The van der Waals surface area contributed by atoms with Gasteiger partial charge in [0.15, 0.2) is 0 Å². The van der Waals surface area contributed by atoms with Crippen LogP contribution in [0.2, 0.25) is 0 Å². The second-order valence-electron chi connectivity index (χ2n) is 9.02. The topological polar surface area (TPSA) is 83.4 Å². The highest BCUT2D eigenvalue weighted by molar-refractivity contribution is 5.80. The largest absolute Gasteiger partial charge is 0.464 e. The van der Waals surface area contributed by atoms with Crippen molar-refractivity contribution in [2.75, 3.05) is 10.6 Å². The lowest BCUT2D eigenvalue weighted by molar-refractivity contribution is 0.300. The average Bonchev–Trinajstić information content (AvgIpc) is 3.27. The second-order valence-corrected chi connectivity index (χ2v) is 9.02. The zero-order valence-corrected chi connectivity index (χ0v) is 17.8. The number of benzene rings is 1. The zero-order valence-electron chi connectivity index (χ0n) is 17.8. The minimum atomic E-state index is -0.656. The van der Waals surface area contributed by atoms with Crippen LogP contribution in [0.25, 0.3) is 0 Å². The van der Waals surface area contributed by atoms with Gasteiger partial charge in [0.25, 0.3) is 10.9 Å². The zero-order chi connectivity index (χ0) is 21.8. The summed E-state index contributed by atoms with van der Waals surface area (Å²) < 4.78 is 20.4. The first-order valence-corrected chi connectivity index (χ1v) is 10.1. The van der Waals surface area contributed by atoms with E-state index in [-0.39, 0.29) is 34.6 Å². The van der Waals surface area contributed by atoms with Crippen molar-refractivity contribution < 1.29 is 8.81 Å².